The van der Waals surface area contributed by atoms with Gasteiger partial charge in [0.25, 0.3) is 5.91 Å². The summed E-state index contributed by atoms with van der Waals surface area (Å²) in [6.07, 6.45) is 3.37. The van der Waals surface area contributed by atoms with Gasteiger partial charge in [0, 0.05) is 6.42 Å². The number of amides is 1. The minimum absolute atomic E-state index is 0.231. The number of hydrogen-bond acceptors (Lipinski definition) is 5. The van der Waals surface area contributed by atoms with Gasteiger partial charge < -0.3 is 9.73 Å². The number of hydrogen-bond donors (Lipinski definition) is 2. The van der Waals surface area contributed by atoms with E-state index in [4.69, 9.17) is 4.42 Å². The van der Waals surface area contributed by atoms with Gasteiger partial charge in [0.15, 0.2) is 17.4 Å². The Bertz CT molecular complexity index is 447. The zero-order chi connectivity index (χ0) is 10.7. The molecule has 15 heavy (non-hydrogen) atoms. The van der Waals surface area contributed by atoms with Crippen LogP contribution in [-0.4, -0.2) is 26.3 Å². The molecule has 0 bridgehead atoms. The molecule has 78 valence electrons. The van der Waals surface area contributed by atoms with E-state index in [2.05, 4.69) is 25.7 Å². The largest absolute Gasteiger partial charge is 0.448 e. The lowest BCUT2D eigenvalue weighted by Crippen LogP contribution is -2.12. The van der Waals surface area contributed by atoms with Crippen LogP contribution in [0.25, 0.3) is 0 Å². The van der Waals surface area contributed by atoms with Crippen molar-refractivity contribution < 1.29 is 9.21 Å². The van der Waals surface area contributed by atoms with Crippen molar-refractivity contribution in [3.05, 3.63) is 24.0 Å². The van der Waals surface area contributed by atoms with E-state index in [1.54, 1.807) is 0 Å². The predicted molar refractivity (Wildman–Crippen MR) is 50.2 cm³/mol. The monoisotopic (exact) mass is 207 g/mol. The number of carbonyl (C=O) groups is 1. The molecule has 0 aromatic carbocycles. The number of aryl methyl sites for hydroxylation is 1. The molecule has 0 unspecified atom stereocenters. The summed E-state index contributed by atoms with van der Waals surface area (Å²) in [5, 5.41) is 12.1. The number of nitrogens with zero attached hydrogens (tertiary/aromatic N) is 3. The summed E-state index contributed by atoms with van der Waals surface area (Å²) in [5.74, 6) is 0.508. The SMILES string of the molecule is CCc1nc(C(=O)Nc2cn[nH]n2)co1. The van der Waals surface area contributed by atoms with Crippen LogP contribution in [0.3, 0.4) is 0 Å². The van der Waals surface area contributed by atoms with Crippen molar-refractivity contribution in [2.24, 2.45) is 0 Å². The fourth-order valence-corrected chi connectivity index (χ4v) is 1.02. The van der Waals surface area contributed by atoms with Crippen molar-refractivity contribution >= 4 is 11.7 Å². The first-order valence-electron chi connectivity index (χ1n) is 4.41. The Morgan fingerprint density at radius 1 is 1.67 bits per heavy atom. The molecule has 0 fully saturated rings. The molecule has 0 saturated carbocycles. The maximum atomic E-state index is 11.5. The molecule has 0 spiro atoms. The van der Waals surface area contributed by atoms with E-state index in [1.165, 1.54) is 12.5 Å². The summed E-state index contributed by atoms with van der Waals surface area (Å²) in [6, 6.07) is 0. The van der Waals surface area contributed by atoms with Crippen molar-refractivity contribution in [1.29, 1.82) is 0 Å². The van der Waals surface area contributed by atoms with E-state index < -0.39 is 0 Å². The quantitative estimate of drug-likeness (QED) is 0.768. The van der Waals surface area contributed by atoms with E-state index in [1.807, 2.05) is 6.92 Å². The number of anilines is 1. The second kappa shape index (κ2) is 3.91. The molecule has 0 atom stereocenters. The molecular formula is C8H9N5O2. The second-order valence-corrected chi connectivity index (χ2v) is 2.79. The molecule has 2 rings (SSSR count). The van der Waals surface area contributed by atoms with Crippen LogP contribution in [-0.2, 0) is 6.42 Å². The van der Waals surface area contributed by atoms with Gasteiger partial charge in [0.2, 0.25) is 0 Å². The molecule has 2 aromatic rings. The lowest BCUT2D eigenvalue weighted by molar-refractivity contribution is 0.102. The topological polar surface area (TPSA) is 96.7 Å². The highest BCUT2D eigenvalue weighted by Gasteiger charge is 2.12. The molecule has 0 saturated heterocycles. The van der Waals surface area contributed by atoms with Crippen LogP contribution in [0.1, 0.15) is 23.3 Å². The molecule has 0 aliphatic heterocycles. The fraction of sp³-hybridized carbons (Fsp3) is 0.250. The van der Waals surface area contributed by atoms with Crippen LogP contribution in [0, 0.1) is 0 Å². The van der Waals surface area contributed by atoms with E-state index in [0.717, 1.165) is 0 Å². The number of H-pyrrole nitrogens is 1. The summed E-state index contributed by atoms with van der Waals surface area (Å²) in [7, 11) is 0. The van der Waals surface area contributed by atoms with Gasteiger partial charge in [0.05, 0.1) is 6.20 Å². The van der Waals surface area contributed by atoms with Crippen LogP contribution in [0.5, 0.6) is 0 Å². The second-order valence-electron chi connectivity index (χ2n) is 2.79. The van der Waals surface area contributed by atoms with Crippen LogP contribution in [0.4, 0.5) is 5.82 Å². The number of aromatic amines is 1. The van der Waals surface area contributed by atoms with Crippen molar-refractivity contribution in [3.63, 3.8) is 0 Å². The summed E-state index contributed by atoms with van der Waals surface area (Å²) in [6.45, 7) is 1.89. The zero-order valence-corrected chi connectivity index (χ0v) is 8.02. The van der Waals surface area contributed by atoms with Gasteiger partial charge in [-0.15, -0.1) is 5.10 Å². The Kier molecular flexibility index (Phi) is 2.44. The van der Waals surface area contributed by atoms with E-state index in [0.29, 0.717) is 18.1 Å². The molecule has 2 aromatic heterocycles. The Morgan fingerprint density at radius 3 is 3.13 bits per heavy atom. The number of nitrogens with one attached hydrogen (secondary N) is 2. The number of oxazole rings is 1. The fourth-order valence-electron chi connectivity index (χ4n) is 1.02. The maximum absolute atomic E-state index is 11.5. The molecule has 0 radical (unpaired) electrons. The van der Waals surface area contributed by atoms with Crippen molar-refractivity contribution in [1.82, 2.24) is 20.4 Å². The molecule has 0 aliphatic rings. The molecule has 7 nitrogen and oxygen atoms in total. The minimum Gasteiger partial charge on any atom is -0.448 e. The van der Waals surface area contributed by atoms with Crippen LogP contribution in [0.2, 0.25) is 0 Å². The van der Waals surface area contributed by atoms with Gasteiger partial charge in [-0.2, -0.15) is 10.3 Å². The highest BCUT2D eigenvalue weighted by molar-refractivity contribution is 6.01. The number of rotatable bonds is 3. The van der Waals surface area contributed by atoms with Gasteiger partial charge in [-0.1, -0.05) is 6.92 Å². The average molecular weight is 207 g/mol. The summed E-state index contributed by atoms with van der Waals surface area (Å²) in [5.41, 5.74) is 0.231. The molecule has 2 N–H and O–H groups in total. The normalized spacial score (nSPS) is 10.2. The Labute approximate surface area is 84.9 Å². The summed E-state index contributed by atoms with van der Waals surface area (Å²) in [4.78, 5) is 15.5. The van der Waals surface area contributed by atoms with Gasteiger partial charge >= 0.3 is 0 Å². The molecule has 0 aliphatic carbocycles. The molecule has 7 heteroatoms. The highest BCUT2D eigenvalue weighted by atomic mass is 16.3. The van der Waals surface area contributed by atoms with Crippen molar-refractivity contribution in [2.45, 2.75) is 13.3 Å². The van der Waals surface area contributed by atoms with Gasteiger partial charge in [-0.25, -0.2) is 4.98 Å². The van der Waals surface area contributed by atoms with E-state index in [-0.39, 0.29) is 11.6 Å². The number of aromatic nitrogens is 4. The molecule has 1 amide bonds. The van der Waals surface area contributed by atoms with E-state index in [9.17, 15) is 4.79 Å². The third kappa shape index (κ3) is 2.01. The Hall–Kier alpha value is -2.18. The van der Waals surface area contributed by atoms with E-state index >= 15 is 0 Å². The van der Waals surface area contributed by atoms with Crippen molar-refractivity contribution in [2.75, 3.05) is 5.32 Å². The van der Waals surface area contributed by atoms with Gasteiger partial charge in [-0.05, 0) is 0 Å². The summed E-state index contributed by atoms with van der Waals surface area (Å²) < 4.78 is 5.04. The first-order chi connectivity index (χ1) is 7.29. The zero-order valence-electron chi connectivity index (χ0n) is 8.02. The smallest absolute Gasteiger partial charge is 0.278 e. The molecular weight excluding hydrogens is 198 g/mol. The predicted octanol–water partition coefficient (Wildman–Crippen LogP) is 0.607. The summed E-state index contributed by atoms with van der Waals surface area (Å²) >= 11 is 0. The first kappa shape index (κ1) is 9.38. The molecule has 2 heterocycles. The van der Waals surface area contributed by atoms with Crippen LogP contribution < -0.4 is 5.32 Å². The average Bonchev–Trinajstić information content (AvgIpc) is 2.86. The third-order valence-corrected chi connectivity index (χ3v) is 1.74. The van der Waals surface area contributed by atoms with Crippen LogP contribution >= 0.6 is 0 Å². The Balaban J connectivity index is 2.08. The minimum atomic E-state index is -0.368. The maximum Gasteiger partial charge on any atom is 0.278 e. The lowest BCUT2D eigenvalue weighted by atomic mass is 10.4. The first-order valence-corrected chi connectivity index (χ1v) is 4.41. The van der Waals surface area contributed by atoms with Gasteiger partial charge in [0.1, 0.15) is 6.26 Å². The third-order valence-electron chi connectivity index (χ3n) is 1.74. The van der Waals surface area contributed by atoms with Gasteiger partial charge in [-0.3, -0.25) is 4.79 Å². The number of carbonyl (C=O) groups excluding carboxylic acids is 1. The van der Waals surface area contributed by atoms with Crippen molar-refractivity contribution in [3.8, 4) is 0 Å². The lowest BCUT2D eigenvalue weighted by Gasteiger charge is -1.94. The Morgan fingerprint density at radius 2 is 2.53 bits per heavy atom. The van der Waals surface area contributed by atoms with Crippen LogP contribution in [0.15, 0.2) is 16.9 Å². The highest BCUT2D eigenvalue weighted by Crippen LogP contribution is 2.05. The standard InChI is InChI=1S/C8H9N5O2/c1-2-7-10-5(4-15-7)8(14)11-6-3-9-13-12-6/h3-4H,2H2,1H3,(H2,9,11,12,13,14).